The first-order chi connectivity index (χ1) is 7.99. The van der Waals surface area contributed by atoms with Crippen molar-refractivity contribution in [3.8, 4) is 0 Å². The summed E-state index contributed by atoms with van der Waals surface area (Å²) in [6.07, 6.45) is 3.33. The molecule has 17 heavy (non-hydrogen) atoms. The van der Waals surface area contributed by atoms with Gasteiger partial charge in [-0.2, -0.15) is 0 Å². The maximum atomic E-state index is 11.4. The lowest BCUT2D eigenvalue weighted by Crippen LogP contribution is -2.39. The molecule has 0 aliphatic heterocycles. The van der Waals surface area contributed by atoms with Crippen molar-refractivity contribution in [3.05, 3.63) is 0 Å². The van der Waals surface area contributed by atoms with Gasteiger partial charge in [0.2, 0.25) is 11.8 Å². The maximum absolute atomic E-state index is 11.4. The van der Waals surface area contributed by atoms with Gasteiger partial charge in [0, 0.05) is 32.5 Å². The number of unbranched alkanes of at least 4 members (excludes halogenated alkanes) is 2. The molecule has 0 aromatic carbocycles. The second-order valence-electron chi connectivity index (χ2n) is 4.66. The first kappa shape index (κ1) is 15.9. The molecule has 0 aromatic rings. The number of carbonyl (C=O) groups is 2. The monoisotopic (exact) mass is 242 g/mol. The van der Waals surface area contributed by atoms with E-state index in [0.29, 0.717) is 13.1 Å². The molecule has 0 atom stereocenters. The van der Waals surface area contributed by atoms with Gasteiger partial charge in [-0.1, -0.05) is 33.6 Å². The first-order valence-corrected chi connectivity index (χ1v) is 6.52. The highest BCUT2D eigenvalue weighted by Gasteiger charge is 2.09. The van der Waals surface area contributed by atoms with E-state index >= 15 is 0 Å². The smallest absolute Gasteiger partial charge is 0.222 e. The molecule has 1 N–H and O–H groups in total. The van der Waals surface area contributed by atoms with E-state index in [1.165, 1.54) is 0 Å². The summed E-state index contributed by atoms with van der Waals surface area (Å²) in [7, 11) is 0. The molecule has 0 aromatic heterocycles. The Morgan fingerprint density at radius 1 is 1.18 bits per heavy atom. The van der Waals surface area contributed by atoms with Gasteiger partial charge in [-0.05, 0) is 6.42 Å². The number of hydrogen-bond donors (Lipinski definition) is 1. The van der Waals surface area contributed by atoms with E-state index in [0.717, 1.165) is 25.8 Å². The number of rotatable bonds is 8. The summed E-state index contributed by atoms with van der Waals surface area (Å²) in [4.78, 5) is 24.5. The molecule has 0 radical (unpaired) electrons. The summed E-state index contributed by atoms with van der Waals surface area (Å²) in [5, 5.41) is 2.83. The molecule has 0 unspecified atom stereocenters. The van der Waals surface area contributed by atoms with Gasteiger partial charge in [0.15, 0.2) is 0 Å². The molecule has 0 saturated heterocycles. The summed E-state index contributed by atoms with van der Waals surface area (Å²) in [6, 6.07) is 0. The van der Waals surface area contributed by atoms with Crippen molar-refractivity contribution in [2.45, 2.75) is 47.0 Å². The van der Waals surface area contributed by atoms with Crippen molar-refractivity contribution >= 4 is 11.8 Å². The molecule has 0 bridgehead atoms. The minimum absolute atomic E-state index is 0.000805. The van der Waals surface area contributed by atoms with E-state index in [-0.39, 0.29) is 17.7 Å². The van der Waals surface area contributed by atoms with Gasteiger partial charge in [-0.15, -0.1) is 0 Å². The highest BCUT2D eigenvalue weighted by atomic mass is 16.2. The summed E-state index contributed by atoms with van der Waals surface area (Å²) >= 11 is 0. The molecular formula is C13H26N2O2. The zero-order chi connectivity index (χ0) is 13.3. The summed E-state index contributed by atoms with van der Waals surface area (Å²) in [5.41, 5.74) is 0. The third kappa shape index (κ3) is 7.77. The van der Waals surface area contributed by atoms with Crippen molar-refractivity contribution in [1.29, 1.82) is 0 Å². The number of amides is 2. The summed E-state index contributed by atoms with van der Waals surface area (Å²) < 4.78 is 0. The van der Waals surface area contributed by atoms with E-state index in [2.05, 4.69) is 12.2 Å². The van der Waals surface area contributed by atoms with E-state index < -0.39 is 0 Å². The largest absolute Gasteiger partial charge is 0.354 e. The summed E-state index contributed by atoms with van der Waals surface area (Å²) in [5.74, 6) is 0.128. The van der Waals surface area contributed by atoms with Gasteiger partial charge in [0.1, 0.15) is 0 Å². The molecule has 4 nitrogen and oxygen atoms in total. The van der Waals surface area contributed by atoms with Crippen LogP contribution in [-0.2, 0) is 9.59 Å². The van der Waals surface area contributed by atoms with Crippen molar-refractivity contribution in [1.82, 2.24) is 10.2 Å². The molecule has 0 aliphatic carbocycles. The molecule has 0 spiro atoms. The highest BCUT2D eigenvalue weighted by molar-refractivity contribution is 5.78. The topological polar surface area (TPSA) is 49.4 Å². The Kier molecular flexibility index (Phi) is 8.46. The van der Waals surface area contributed by atoms with Gasteiger partial charge < -0.3 is 10.2 Å². The fraction of sp³-hybridized carbons (Fsp3) is 0.846. The van der Waals surface area contributed by atoms with Crippen LogP contribution in [0.4, 0.5) is 0 Å². The number of carbonyl (C=O) groups excluding carboxylic acids is 2. The van der Waals surface area contributed by atoms with Crippen molar-refractivity contribution in [2.24, 2.45) is 5.92 Å². The molecule has 2 amide bonds. The maximum Gasteiger partial charge on any atom is 0.222 e. The zero-order valence-electron chi connectivity index (χ0n) is 11.6. The van der Waals surface area contributed by atoms with Crippen molar-refractivity contribution in [2.75, 3.05) is 19.6 Å². The van der Waals surface area contributed by atoms with E-state index in [1.54, 1.807) is 11.8 Å². The Labute approximate surface area is 105 Å². The Hall–Kier alpha value is -1.06. The van der Waals surface area contributed by atoms with Crippen LogP contribution in [0.5, 0.6) is 0 Å². The van der Waals surface area contributed by atoms with Crippen LogP contribution in [0.2, 0.25) is 0 Å². The van der Waals surface area contributed by atoms with Crippen molar-refractivity contribution < 1.29 is 9.59 Å². The van der Waals surface area contributed by atoms with Crippen LogP contribution >= 0.6 is 0 Å². The average Bonchev–Trinajstić information content (AvgIpc) is 2.26. The molecule has 0 rings (SSSR count). The predicted molar refractivity (Wildman–Crippen MR) is 69.6 cm³/mol. The molecule has 0 heterocycles. The lowest BCUT2D eigenvalue weighted by molar-refractivity contribution is -0.130. The molecule has 0 saturated carbocycles. The Balaban J connectivity index is 3.85. The quantitative estimate of drug-likeness (QED) is 0.660. The highest BCUT2D eigenvalue weighted by Crippen LogP contribution is 1.98. The molecular weight excluding hydrogens is 216 g/mol. The molecule has 0 aliphatic rings. The second kappa shape index (κ2) is 9.02. The Morgan fingerprint density at radius 2 is 1.82 bits per heavy atom. The van der Waals surface area contributed by atoms with E-state index in [9.17, 15) is 9.59 Å². The Bertz CT molecular complexity index is 240. The van der Waals surface area contributed by atoms with Crippen LogP contribution < -0.4 is 5.32 Å². The number of hydrogen-bond acceptors (Lipinski definition) is 2. The van der Waals surface area contributed by atoms with Crippen LogP contribution in [0, 0.1) is 5.92 Å². The van der Waals surface area contributed by atoms with E-state index in [1.807, 2.05) is 13.8 Å². The van der Waals surface area contributed by atoms with Crippen LogP contribution in [-0.4, -0.2) is 36.3 Å². The number of nitrogens with one attached hydrogen (secondary N) is 1. The van der Waals surface area contributed by atoms with Gasteiger partial charge in [-0.3, -0.25) is 9.59 Å². The fourth-order valence-corrected chi connectivity index (χ4v) is 1.50. The zero-order valence-corrected chi connectivity index (χ0v) is 11.6. The van der Waals surface area contributed by atoms with Crippen molar-refractivity contribution in [3.63, 3.8) is 0 Å². The van der Waals surface area contributed by atoms with E-state index in [4.69, 9.17) is 0 Å². The fourth-order valence-electron chi connectivity index (χ4n) is 1.50. The SMILES string of the molecule is CCCCCN(CCNC(=O)C(C)C)C(C)=O. The third-order valence-electron chi connectivity index (χ3n) is 2.68. The molecule has 0 fully saturated rings. The predicted octanol–water partition coefficient (Wildman–Crippen LogP) is 1.80. The Morgan fingerprint density at radius 3 is 2.29 bits per heavy atom. The van der Waals surface area contributed by atoms with Gasteiger partial charge in [-0.25, -0.2) is 0 Å². The van der Waals surface area contributed by atoms with Gasteiger partial charge in [0.25, 0.3) is 0 Å². The second-order valence-corrected chi connectivity index (χ2v) is 4.66. The van der Waals surface area contributed by atoms with Crippen LogP contribution in [0.15, 0.2) is 0 Å². The minimum Gasteiger partial charge on any atom is -0.354 e. The summed E-state index contributed by atoms with van der Waals surface area (Å²) in [6.45, 7) is 9.39. The minimum atomic E-state index is 0.000805. The van der Waals surface area contributed by atoms with Crippen LogP contribution in [0.3, 0.4) is 0 Å². The number of nitrogens with zero attached hydrogens (tertiary/aromatic N) is 1. The van der Waals surface area contributed by atoms with Gasteiger partial charge >= 0.3 is 0 Å². The lowest BCUT2D eigenvalue weighted by atomic mass is 10.2. The standard InChI is InChI=1S/C13H26N2O2/c1-5-6-7-9-15(12(4)16)10-8-14-13(17)11(2)3/h11H,5-10H2,1-4H3,(H,14,17). The normalized spacial score (nSPS) is 10.4. The average molecular weight is 242 g/mol. The molecule has 100 valence electrons. The van der Waals surface area contributed by atoms with Gasteiger partial charge in [0.05, 0.1) is 0 Å². The molecule has 4 heteroatoms. The van der Waals surface area contributed by atoms with Crippen LogP contribution in [0.1, 0.15) is 47.0 Å². The van der Waals surface area contributed by atoms with Crippen LogP contribution in [0.25, 0.3) is 0 Å². The third-order valence-corrected chi connectivity index (χ3v) is 2.68. The lowest BCUT2D eigenvalue weighted by Gasteiger charge is -2.21. The first-order valence-electron chi connectivity index (χ1n) is 6.52.